The molecule has 6 nitrogen and oxygen atoms in total. The molecule has 0 bridgehead atoms. The summed E-state index contributed by atoms with van der Waals surface area (Å²) in [6.45, 7) is 2.53. The lowest BCUT2D eigenvalue weighted by Crippen LogP contribution is -2.38. The predicted octanol–water partition coefficient (Wildman–Crippen LogP) is -0.773. The maximum absolute atomic E-state index is 11.9. The Balaban J connectivity index is 2.04. The van der Waals surface area contributed by atoms with E-state index in [0.29, 0.717) is 19.5 Å². The summed E-state index contributed by atoms with van der Waals surface area (Å²) in [5.74, 6) is -0.169. The normalized spacial score (nSPS) is 24.0. The van der Waals surface area contributed by atoms with Crippen molar-refractivity contribution in [1.82, 2.24) is 14.5 Å². The highest BCUT2D eigenvalue weighted by Crippen LogP contribution is 2.20. The van der Waals surface area contributed by atoms with E-state index in [1.54, 1.807) is 17.9 Å². The van der Waals surface area contributed by atoms with Crippen molar-refractivity contribution in [2.45, 2.75) is 25.5 Å². The maximum Gasteiger partial charge on any atom is 0.347 e. The van der Waals surface area contributed by atoms with Crippen molar-refractivity contribution < 1.29 is 9.90 Å². The van der Waals surface area contributed by atoms with E-state index in [2.05, 4.69) is 4.98 Å². The van der Waals surface area contributed by atoms with Gasteiger partial charge in [0.05, 0.1) is 5.60 Å². The lowest BCUT2D eigenvalue weighted by Gasteiger charge is -2.19. The van der Waals surface area contributed by atoms with Crippen LogP contribution in [0.4, 0.5) is 0 Å². The summed E-state index contributed by atoms with van der Waals surface area (Å²) < 4.78 is 1.26. The van der Waals surface area contributed by atoms with Crippen molar-refractivity contribution >= 4 is 5.91 Å². The summed E-state index contributed by atoms with van der Waals surface area (Å²) in [5, 5.41) is 9.76. The topological polar surface area (TPSA) is 75.4 Å². The van der Waals surface area contributed by atoms with Gasteiger partial charge in [0.1, 0.15) is 6.54 Å². The fourth-order valence-corrected chi connectivity index (χ4v) is 1.91. The number of rotatable bonds is 2. The summed E-state index contributed by atoms with van der Waals surface area (Å²) in [4.78, 5) is 28.4. The van der Waals surface area contributed by atoms with Gasteiger partial charge in [-0.15, -0.1) is 0 Å². The molecule has 2 heterocycles. The van der Waals surface area contributed by atoms with Crippen LogP contribution < -0.4 is 5.69 Å². The van der Waals surface area contributed by atoms with Crippen LogP contribution in [0.3, 0.4) is 0 Å². The van der Waals surface area contributed by atoms with Gasteiger partial charge in [-0.05, 0) is 19.4 Å². The predicted molar refractivity (Wildman–Crippen MR) is 60.3 cm³/mol. The number of carbonyl (C=O) groups excluding carboxylic acids is 1. The number of β-amino-alcohol motifs (C(OH)–C–C–N with tert-alkyl or cyclic N) is 1. The molecule has 0 saturated carbocycles. The van der Waals surface area contributed by atoms with E-state index >= 15 is 0 Å². The van der Waals surface area contributed by atoms with Crippen LogP contribution in [0.2, 0.25) is 0 Å². The van der Waals surface area contributed by atoms with Gasteiger partial charge in [-0.25, -0.2) is 9.78 Å². The van der Waals surface area contributed by atoms with Crippen LogP contribution in [0.5, 0.6) is 0 Å². The Kier molecular flexibility index (Phi) is 2.97. The number of aliphatic hydroxyl groups is 1. The van der Waals surface area contributed by atoms with E-state index in [4.69, 9.17) is 0 Å². The molecule has 1 atom stereocenters. The minimum Gasteiger partial charge on any atom is -0.388 e. The Morgan fingerprint density at radius 1 is 1.65 bits per heavy atom. The molecule has 1 unspecified atom stereocenters. The molecule has 0 spiro atoms. The highest BCUT2D eigenvalue weighted by atomic mass is 16.3. The fourth-order valence-electron chi connectivity index (χ4n) is 1.91. The molecule has 0 radical (unpaired) electrons. The molecule has 0 aliphatic carbocycles. The fraction of sp³-hybridized carbons (Fsp3) is 0.545. The van der Waals surface area contributed by atoms with Crippen LogP contribution in [0.15, 0.2) is 23.3 Å². The minimum absolute atomic E-state index is 0.0250. The van der Waals surface area contributed by atoms with Gasteiger partial charge in [-0.3, -0.25) is 9.36 Å². The number of nitrogens with zero attached hydrogens (tertiary/aromatic N) is 3. The second kappa shape index (κ2) is 4.29. The van der Waals surface area contributed by atoms with Gasteiger partial charge in [0, 0.05) is 25.5 Å². The van der Waals surface area contributed by atoms with Crippen molar-refractivity contribution in [3.63, 3.8) is 0 Å². The van der Waals surface area contributed by atoms with Gasteiger partial charge in [0.25, 0.3) is 0 Å². The second-order valence-corrected chi connectivity index (χ2v) is 4.59. The van der Waals surface area contributed by atoms with Crippen molar-refractivity contribution in [3.05, 3.63) is 28.9 Å². The Labute approximate surface area is 98.5 Å². The maximum atomic E-state index is 11.9. The quantitative estimate of drug-likeness (QED) is 0.732. The zero-order valence-corrected chi connectivity index (χ0v) is 9.67. The van der Waals surface area contributed by atoms with Gasteiger partial charge < -0.3 is 10.0 Å². The van der Waals surface area contributed by atoms with Gasteiger partial charge in [0.15, 0.2) is 0 Å². The number of likely N-dealkylation sites (tertiary alicyclic amines) is 1. The smallest absolute Gasteiger partial charge is 0.347 e. The molecule has 17 heavy (non-hydrogen) atoms. The molecule has 92 valence electrons. The van der Waals surface area contributed by atoms with E-state index < -0.39 is 11.3 Å². The highest BCUT2D eigenvalue weighted by molar-refractivity contribution is 5.76. The standard InChI is InChI=1S/C11H15N3O3/c1-11(17)3-6-14(8-11)9(15)7-13-5-2-4-12-10(13)16/h2,4-5,17H,3,6-8H2,1H3. The average Bonchev–Trinajstić information content (AvgIpc) is 2.62. The summed E-state index contributed by atoms with van der Waals surface area (Å²) in [5.41, 5.74) is -1.25. The van der Waals surface area contributed by atoms with Gasteiger partial charge in [0.2, 0.25) is 5.91 Å². The van der Waals surface area contributed by atoms with Crippen molar-refractivity contribution in [3.8, 4) is 0 Å². The lowest BCUT2D eigenvalue weighted by molar-refractivity contribution is -0.131. The number of carbonyl (C=O) groups is 1. The molecule has 1 aliphatic rings. The van der Waals surface area contributed by atoms with Crippen LogP contribution in [0.25, 0.3) is 0 Å². The Bertz CT molecular complexity index is 481. The number of hydrogen-bond acceptors (Lipinski definition) is 4. The van der Waals surface area contributed by atoms with Crippen molar-refractivity contribution in [2.75, 3.05) is 13.1 Å². The lowest BCUT2D eigenvalue weighted by atomic mass is 10.1. The SMILES string of the molecule is CC1(O)CCN(C(=O)Cn2cccnc2=O)C1. The largest absolute Gasteiger partial charge is 0.388 e. The molecule has 6 heteroatoms. The van der Waals surface area contributed by atoms with E-state index in [0.717, 1.165) is 0 Å². The first kappa shape index (κ1) is 11.8. The molecule has 1 amide bonds. The zero-order valence-electron chi connectivity index (χ0n) is 9.67. The van der Waals surface area contributed by atoms with Crippen LogP contribution in [0, 0.1) is 0 Å². The molecule has 1 saturated heterocycles. The molecule has 1 fully saturated rings. The zero-order chi connectivity index (χ0) is 12.5. The molecular formula is C11H15N3O3. The third-order valence-electron chi connectivity index (χ3n) is 2.89. The van der Waals surface area contributed by atoms with Crippen LogP contribution in [-0.2, 0) is 11.3 Å². The molecular weight excluding hydrogens is 222 g/mol. The second-order valence-electron chi connectivity index (χ2n) is 4.59. The first-order chi connectivity index (χ1) is 7.98. The molecule has 1 aliphatic heterocycles. The Morgan fingerprint density at radius 3 is 3.00 bits per heavy atom. The first-order valence-electron chi connectivity index (χ1n) is 5.50. The number of amides is 1. The van der Waals surface area contributed by atoms with Crippen LogP contribution in [0.1, 0.15) is 13.3 Å². The van der Waals surface area contributed by atoms with Gasteiger partial charge >= 0.3 is 5.69 Å². The monoisotopic (exact) mass is 237 g/mol. The Hall–Kier alpha value is -1.69. The van der Waals surface area contributed by atoms with Crippen molar-refractivity contribution in [2.24, 2.45) is 0 Å². The average molecular weight is 237 g/mol. The van der Waals surface area contributed by atoms with Crippen molar-refractivity contribution in [1.29, 1.82) is 0 Å². The van der Waals surface area contributed by atoms with Gasteiger partial charge in [-0.1, -0.05) is 0 Å². The number of hydrogen-bond donors (Lipinski definition) is 1. The molecule has 0 aromatic carbocycles. The molecule has 1 N–H and O–H groups in total. The minimum atomic E-state index is -0.810. The molecule has 1 aromatic heterocycles. The summed E-state index contributed by atoms with van der Waals surface area (Å²) in [6.07, 6.45) is 3.49. The van der Waals surface area contributed by atoms with E-state index in [-0.39, 0.29) is 12.5 Å². The summed E-state index contributed by atoms with van der Waals surface area (Å²) in [6, 6.07) is 1.61. The first-order valence-corrected chi connectivity index (χ1v) is 5.50. The van der Waals surface area contributed by atoms with E-state index in [1.807, 2.05) is 0 Å². The Morgan fingerprint density at radius 2 is 2.41 bits per heavy atom. The summed E-state index contributed by atoms with van der Waals surface area (Å²) >= 11 is 0. The number of aromatic nitrogens is 2. The third kappa shape index (κ3) is 2.71. The summed E-state index contributed by atoms with van der Waals surface area (Å²) in [7, 11) is 0. The molecule has 2 rings (SSSR count). The van der Waals surface area contributed by atoms with Gasteiger partial charge in [-0.2, -0.15) is 0 Å². The van der Waals surface area contributed by atoms with E-state index in [1.165, 1.54) is 17.0 Å². The molecule has 1 aromatic rings. The highest BCUT2D eigenvalue weighted by Gasteiger charge is 2.33. The van der Waals surface area contributed by atoms with Crippen LogP contribution >= 0.6 is 0 Å². The third-order valence-corrected chi connectivity index (χ3v) is 2.89. The van der Waals surface area contributed by atoms with E-state index in [9.17, 15) is 14.7 Å². The van der Waals surface area contributed by atoms with Crippen LogP contribution in [-0.4, -0.2) is 44.2 Å².